The lowest BCUT2D eigenvalue weighted by Gasteiger charge is -2.23. The number of carboxylic acid groups (broad SMARTS) is 1. The monoisotopic (exact) mass is 426 g/mol. The predicted molar refractivity (Wildman–Crippen MR) is 112 cm³/mol. The van der Waals surface area contributed by atoms with Gasteiger partial charge in [-0.3, -0.25) is 19.1 Å². The number of aliphatic carboxylic acids is 1. The standard InChI is InChI=1S/C22H26N4O5/c1-2-26-12-14(19(25-26)21(28)23-11-10-13-6-4-3-5-7-13)24-20(27)17-15-8-9-16(31-15)18(17)22(29)30/h3-7,12,15-18H,2,8-11H2,1H3,(H,23,28)(H,24,27)(H,29,30)/t15-,16+,17+,18+/m1/s1. The van der Waals surface area contributed by atoms with Crippen molar-refractivity contribution in [2.75, 3.05) is 11.9 Å². The lowest BCUT2D eigenvalue weighted by molar-refractivity contribution is -0.147. The van der Waals surface area contributed by atoms with Crippen LogP contribution >= 0.6 is 0 Å². The van der Waals surface area contributed by atoms with Crippen molar-refractivity contribution >= 4 is 23.5 Å². The van der Waals surface area contributed by atoms with Crippen LogP contribution < -0.4 is 10.6 Å². The number of nitrogens with zero attached hydrogens (tertiary/aromatic N) is 2. The molecule has 4 atom stereocenters. The van der Waals surface area contributed by atoms with Crippen molar-refractivity contribution in [1.82, 2.24) is 15.1 Å². The Kier molecular flexibility index (Phi) is 6.03. The molecule has 2 aliphatic heterocycles. The quantitative estimate of drug-likeness (QED) is 0.590. The molecule has 2 aromatic rings. The van der Waals surface area contributed by atoms with Gasteiger partial charge in [0.15, 0.2) is 5.69 Å². The molecular formula is C22H26N4O5. The van der Waals surface area contributed by atoms with E-state index in [1.165, 1.54) is 0 Å². The summed E-state index contributed by atoms with van der Waals surface area (Å²) in [6.45, 7) is 2.82. The van der Waals surface area contributed by atoms with Crippen LogP contribution in [-0.2, 0) is 27.3 Å². The summed E-state index contributed by atoms with van der Waals surface area (Å²) >= 11 is 0. The molecule has 0 saturated carbocycles. The van der Waals surface area contributed by atoms with Crippen LogP contribution in [0.2, 0.25) is 0 Å². The maximum atomic E-state index is 13.0. The summed E-state index contributed by atoms with van der Waals surface area (Å²) in [5.41, 5.74) is 1.49. The second-order valence-electron chi connectivity index (χ2n) is 7.91. The molecule has 2 amide bonds. The van der Waals surface area contributed by atoms with E-state index in [1.807, 2.05) is 37.3 Å². The van der Waals surface area contributed by atoms with Crippen molar-refractivity contribution in [2.45, 2.75) is 44.9 Å². The number of ether oxygens (including phenoxy) is 1. The van der Waals surface area contributed by atoms with Gasteiger partial charge in [-0.25, -0.2) is 0 Å². The minimum absolute atomic E-state index is 0.110. The van der Waals surface area contributed by atoms with Crippen molar-refractivity contribution in [3.8, 4) is 0 Å². The third-order valence-electron chi connectivity index (χ3n) is 5.96. The van der Waals surface area contributed by atoms with Crippen molar-refractivity contribution in [3.63, 3.8) is 0 Å². The number of hydrogen-bond donors (Lipinski definition) is 3. The number of carboxylic acids is 1. The third kappa shape index (κ3) is 4.32. The second kappa shape index (κ2) is 8.89. The summed E-state index contributed by atoms with van der Waals surface area (Å²) in [5, 5.41) is 19.4. The zero-order valence-electron chi connectivity index (χ0n) is 17.3. The van der Waals surface area contributed by atoms with Crippen LogP contribution in [0.5, 0.6) is 0 Å². The zero-order valence-corrected chi connectivity index (χ0v) is 17.3. The van der Waals surface area contributed by atoms with Crippen LogP contribution in [0.25, 0.3) is 0 Å². The van der Waals surface area contributed by atoms with Gasteiger partial charge in [0.2, 0.25) is 5.91 Å². The van der Waals surface area contributed by atoms with E-state index in [1.54, 1.807) is 10.9 Å². The lowest BCUT2D eigenvalue weighted by Crippen LogP contribution is -2.41. The van der Waals surface area contributed by atoms with Crippen LogP contribution in [-0.4, -0.2) is 51.4 Å². The molecular weight excluding hydrogens is 400 g/mol. The van der Waals surface area contributed by atoms with Crippen LogP contribution in [0.3, 0.4) is 0 Å². The molecule has 2 aliphatic rings. The molecule has 3 N–H and O–H groups in total. The van der Waals surface area contributed by atoms with E-state index in [0.717, 1.165) is 5.56 Å². The molecule has 0 aliphatic carbocycles. The summed E-state index contributed by atoms with van der Waals surface area (Å²) in [4.78, 5) is 37.4. The molecule has 2 fully saturated rings. The zero-order chi connectivity index (χ0) is 22.0. The smallest absolute Gasteiger partial charge is 0.310 e. The summed E-state index contributed by atoms with van der Waals surface area (Å²) < 4.78 is 7.24. The lowest BCUT2D eigenvalue weighted by atomic mass is 9.78. The maximum absolute atomic E-state index is 13.0. The van der Waals surface area contributed by atoms with E-state index in [2.05, 4.69) is 15.7 Å². The van der Waals surface area contributed by atoms with E-state index in [-0.39, 0.29) is 11.4 Å². The fraction of sp³-hybridized carbons (Fsp3) is 0.455. The fourth-order valence-electron chi connectivity index (χ4n) is 4.43. The number of hydrogen-bond acceptors (Lipinski definition) is 5. The van der Waals surface area contributed by atoms with Crippen LogP contribution in [0, 0.1) is 11.8 Å². The van der Waals surface area contributed by atoms with Gasteiger partial charge in [0.25, 0.3) is 5.91 Å². The SMILES string of the molecule is CCn1cc(NC(=O)[C@@H]2[C@@H](C(=O)O)[C@@H]3CC[C@H]2O3)c(C(=O)NCCc2ccccc2)n1. The normalized spacial score (nSPS) is 24.2. The molecule has 2 bridgehead atoms. The molecule has 0 spiro atoms. The number of fused-ring (bicyclic) bond motifs is 2. The number of amides is 2. The largest absolute Gasteiger partial charge is 0.481 e. The highest BCUT2D eigenvalue weighted by Crippen LogP contribution is 2.44. The molecule has 3 heterocycles. The number of benzene rings is 1. The second-order valence-corrected chi connectivity index (χ2v) is 7.91. The number of carbonyl (C=O) groups excluding carboxylic acids is 2. The van der Waals surface area contributed by atoms with Gasteiger partial charge in [-0.05, 0) is 31.7 Å². The maximum Gasteiger partial charge on any atom is 0.310 e. The van der Waals surface area contributed by atoms with Gasteiger partial charge in [-0.2, -0.15) is 5.10 Å². The number of anilines is 1. The third-order valence-corrected chi connectivity index (χ3v) is 5.96. The van der Waals surface area contributed by atoms with Crippen molar-refractivity contribution in [3.05, 3.63) is 47.8 Å². The van der Waals surface area contributed by atoms with Crippen molar-refractivity contribution < 1.29 is 24.2 Å². The summed E-state index contributed by atoms with van der Waals surface area (Å²) in [6.07, 6.45) is 2.73. The van der Waals surface area contributed by atoms with Crippen molar-refractivity contribution in [2.24, 2.45) is 11.8 Å². The first kappa shape index (κ1) is 21.0. The van der Waals surface area contributed by atoms with Gasteiger partial charge in [0, 0.05) is 19.3 Å². The Morgan fingerprint density at radius 1 is 1.16 bits per heavy atom. The van der Waals surface area contributed by atoms with E-state index in [0.29, 0.717) is 32.4 Å². The number of aromatic nitrogens is 2. The molecule has 9 nitrogen and oxygen atoms in total. The molecule has 2 saturated heterocycles. The summed E-state index contributed by atoms with van der Waals surface area (Å²) in [6, 6.07) is 9.79. The predicted octanol–water partition coefficient (Wildman–Crippen LogP) is 1.69. The molecule has 4 rings (SSSR count). The van der Waals surface area contributed by atoms with E-state index in [4.69, 9.17) is 4.74 Å². The highest BCUT2D eigenvalue weighted by atomic mass is 16.5. The van der Waals surface area contributed by atoms with E-state index < -0.39 is 41.8 Å². The number of carbonyl (C=O) groups is 3. The average molecular weight is 426 g/mol. The summed E-state index contributed by atoms with van der Waals surface area (Å²) in [5.74, 6) is -3.53. The highest BCUT2D eigenvalue weighted by Gasteiger charge is 2.55. The minimum atomic E-state index is -1.03. The molecule has 0 radical (unpaired) electrons. The number of aryl methyl sites for hydroxylation is 1. The van der Waals surface area contributed by atoms with E-state index in [9.17, 15) is 19.5 Å². The van der Waals surface area contributed by atoms with E-state index >= 15 is 0 Å². The minimum Gasteiger partial charge on any atom is -0.481 e. The number of rotatable bonds is 8. The molecule has 1 aromatic heterocycles. The van der Waals surface area contributed by atoms with Crippen LogP contribution in [0.15, 0.2) is 36.5 Å². The Morgan fingerprint density at radius 3 is 2.55 bits per heavy atom. The van der Waals surface area contributed by atoms with Gasteiger partial charge in [0.1, 0.15) is 0 Å². The Morgan fingerprint density at radius 2 is 1.87 bits per heavy atom. The highest BCUT2D eigenvalue weighted by molar-refractivity contribution is 6.03. The van der Waals surface area contributed by atoms with Gasteiger partial charge < -0.3 is 20.5 Å². The Balaban J connectivity index is 1.45. The first-order valence-corrected chi connectivity index (χ1v) is 10.6. The van der Waals surface area contributed by atoms with Gasteiger partial charge in [0.05, 0.1) is 29.7 Å². The first-order chi connectivity index (χ1) is 15.0. The molecule has 0 unspecified atom stereocenters. The van der Waals surface area contributed by atoms with Gasteiger partial charge in [-0.15, -0.1) is 0 Å². The van der Waals surface area contributed by atoms with Gasteiger partial charge in [-0.1, -0.05) is 30.3 Å². The Bertz CT molecular complexity index is 974. The summed E-state index contributed by atoms with van der Waals surface area (Å²) in [7, 11) is 0. The molecule has 9 heteroatoms. The molecule has 31 heavy (non-hydrogen) atoms. The van der Waals surface area contributed by atoms with Crippen LogP contribution in [0.4, 0.5) is 5.69 Å². The fourth-order valence-corrected chi connectivity index (χ4v) is 4.43. The Hall–Kier alpha value is -3.20. The topological polar surface area (TPSA) is 123 Å². The van der Waals surface area contributed by atoms with Crippen molar-refractivity contribution in [1.29, 1.82) is 0 Å². The van der Waals surface area contributed by atoms with Gasteiger partial charge >= 0.3 is 5.97 Å². The number of nitrogens with one attached hydrogen (secondary N) is 2. The molecule has 164 valence electrons. The Labute approximate surface area is 179 Å². The van der Waals surface area contributed by atoms with Crippen LogP contribution in [0.1, 0.15) is 35.8 Å². The first-order valence-electron chi connectivity index (χ1n) is 10.6. The molecule has 1 aromatic carbocycles. The average Bonchev–Trinajstić information content (AvgIpc) is 3.48.